The van der Waals surface area contributed by atoms with E-state index in [9.17, 15) is 28.9 Å². The monoisotopic (exact) mass is 967 g/mol. The third-order valence-corrected chi connectivity index (χ3v) is 12.3. The number of phosphoric acid groups is 1. The summed E-state index contributed by atoms with van der Waals surface area (Å²) < 4.78 is 34.0. The molecule has 0 fully saturated rings. The second-order valence-electron chi connectivity index (χ2n) is 17.3. The Hall–Kier alpha value is -3.07. The summed E-state index contributed by atoms with van der Waals surface area (Å²) >= 11 is 1.19. The predicted molar refractivity (Wildman–Crippen MR) is 269 cm³/mol. The summed E-state index contributed by atoms with van der Waals surface area (Å²) in [6.45, 7) is 3.53. The van der Waals surface area contributed by atoms with E-state index < -0.39 is 62.4 Å². The fourth-order valence-corrected chi connectivity index (χ4v) is 7.77. The number of carboxylic acid groups (broad SMARTS) is 1. The number of hydrogen-bond donors (Lipinski definition) is 3. The predicted octanol–water partition coefficient (Wildman–Crippen LogP) is 10.3. The molecule has 0 aromatic carbocycles. The molecule has 0 bridgehead atoms. The second-order valence-corrected chi connectivity index (χ2v) is 19.9. The molecule has 4 N–H and O–H groups in total. The summed E-state index contributed by atoms with van der Waals surface area (Å²) in [4.78, 5) is 49.5. The summed E-state index contributed by atoms with van der Waals surface area (Å²) in [6.07, 6.45) is 43.8. The maximum Gasteiger partial charge on any atom is 0.324 e. The SMILES string of the molecule is CCCCC/C=C\C\C=C/C=C/C=C/[C@@H](SC[C@H](N)C(=O)O[C@H](COC(=O)CCC/C=C\C/C=C\C/C=C\CCCCCCCC)COP(=O)([O-])OCC[N+](C)(C)C)[C@@H](O)CCCC(=O)O. The third-order valence-electron chi connectivity index (χ3n) is 9.89. The Morgan fingerprint density at radius 1 is 0.712 bits per heavy atom. The molecule has 378 valence electrons. The summed E-state index contributed by atoms with van der Waals surface area (Å²) in [6, 6.07) is -1.21. The summed E-state index contributed by atoms with van der Waals surface area (Å²) in [5.74, 6) is -2.41. The minimum Gasteiger partial charge on any atom is -0.756 e. The number of quaternary nitrogens is 1. The minimum atomic E-state index is -4.80. The van der Waals surface area contributed by atoms with E-state index in [-0.39, 0.29) is 38.0 Å². The maximum atomic E-state index is 13.2. The van der Waals surface area contributed by atoms with Crippen molar-refractivity contribution >= 4 is 37.5 Å². The van der Waals surface area contributed by atoms with Crippen LogP contribution >= 0.6 is 19.6 Å². The average Bonchev–Trinajstić information content (AvgIpc) is 3.26. The topological polar surface area (TPSA) is 195 Å². The minimum absolute atomic E-state index is 0.000712. The summed E-state index contributed by atoms with van der Waals surface area (Å²) in [5, 5.41) is 19.5. The van der Waals surface area contributed by atoms with Gasteiger partial charge in [0.2, 0.25) is 0 Å². The zero-order chi connectivity index (χ0) is 49.2. The number of aliphatic hydroxyl groups excluding tert-OH is 1. The molecule has 0 aliphatic rings. The number of ether oxygens (including phenoxy) is 2. The molecule has 0 amide bonds. The van der Waals surface area contributed by atoms with Gasteiger partial charge in [0.1, 0.15) is 25.8 Å². The molecule has 13 nitrogen and oxygen atoms in total. The molecule has 15 heteroatoms. The molecule has 66 heavy (non-hydrogen) atoms. The van der Waals surface area contributed by atoms with Crippen LogP contribution in [0.1, 0.15) is 142 Å². The van der Waals surface area contributed by atoms with Crippen molar-refractivity contribution in [2.24, 2.45) is 5.73 Å². The molecule has 0 spiro atoms. The van der Waals surface area contributed by atoms with E-state index in [0.29, 0.717) is 23.9 Å². The largest absolute Gasteiger partial charge is 0.756 e. The number of nitrogens with two attached hydrogens (primary N) is 1. The number of carbonyl (C=O) groups is 3. The van der Waals surface area contributed by atoms with Gasteiger partial charge in [-0.15, -0.1) is 11.8 Å². The number of carboxylic acids is 1. The number of esters is 2. The third kappa shape index (κ3) is 42.3. The van der Waals surface area contributed by atoms with E-state index in [2.05, 4.69) is 50.3 Å². The molecule has 0 radical (unpaired) electrons. The number of aliphatic carboxylic acids is 1. The highest BCUT2D eigenvalue weighted by Gasteiger charge is 2.26. The number of carbonyl (C=O) groups excluding carboxylic acids is 2. The first-order valence-corrected chi connectivity index (χ1v) is 26.7. The molecule has 1 unspecified atom stereocenters. The van der Waals surface area contributed by atoms with E-state index in [1.54, 1.807) is 12.2 Å². The van der Waals surface area contributed by atoms with Gasteiger partial charge in [-0.05, 0) is 70.6 Å². The van der Waals surface area contributed by atoms with E-state index in [1.807, 2.05) is 57.6 Å². The lowest BCUT2D eigenvalue weighted by Crippen LogP contribution is -2.40. The molecule has 0 saturated carbocycles. The van der Waals surface area contributed by atoms with Crippen LogP contribution in [-0.2, 0) is 37.5 Å². The van der Waals surface area contributed by atoms with Crippen molar-refractivity contribution < 1.29 is 57.1 Å². The van der Waals surface area contributed by atoms with Gasteiger partial charge in [-0.2, -0.15) is 0 Å². The van der Waals surface area contributed by atoms with Crippen LogP contribution in [0.5, 0.6) is 0 Å². The van der Waals surface area contributed by atoms with E-state index in [0.717, 1.165) is 32.1 Å². The van der Waals surface area contributed by atoms with Gasteiger partial charge in [0.05, 0.1) is 33.9 Å². The second kappa shape index (κ2) is 42.1. The van der Waals surface area contributed by atoms with E-state index in [1.165, 1.54) is 69.5 Å². The highest BCUT2D eigenvalue weighted by atomic mass is 32.2. The molecule has 5 atom stereocenters. The van der Waals surface area contributed by atoms with E-state index in [4.69, 9.17) is 29.4 Å². The van der Waals surface area contributed by atoms with Crippen LogP contribution in [0.25, 0.3) is 0 Å². The van der Waals surface area contributed by atoms with Crippen molar-refractivity contribution in [1.82, 2.24) is 0 Å². The molecule has 0 aliphatic heterocycles. The number of hydrogen-bond acceptors (Lipinski definition) is 12. The van der Waals surface area contributed by atoms with E-state index >= 15 is 0 Å². The van der Waals surface area contributed by atoms with Crippen molar-refractivity contribution in [3.8, 4) is 0 Å². The van der Waals surface area contributed by atoms with Gasteiger partial charge in [0.25, 0.3) is 7.82 Å². The van der Waals surface area contributed by atoms with Crippen LogP contribution in [0.4, 0.5) is 0 Å². The van der Waals surface area contributed by atoms with Crippen LogP contribution in [0.15, 0.2) is 85.1 Å². The van der Waals surface area contributed by atoms with Gasteiger partial charge in [-0.1, -0.05) is 144 Å². The first kappa shape index (κ1) is 62.9. The fraction of sp³-hybridized carbons (Fsp3) is 0.667. The zero-order valence-electron chi connectivity index (χ0n) is 41.0. The number of phosphoric ester groups is 1. The van der Waals surface area contributed by atoms with Crippen molar-refractivity contribution in [3.05, 3.63) is 85.1 Å². The number of allylic oxidation sites excluding steroid dienone is 13. The first-order chi connectivity index (χ1) is 31.6. The molecule has 0 rings (SSSR count). The number of unbranched alkanes of at least 4 members (excludes halogenated alkanes) is 10. The Balaban J connectivity index is 5.30. The Bertz CT molecular complexity index is 1520. The van der Waals surface area contributed by atoms with Crippen molar-refractivity contribution in [1.29, 1.82) is 0 Å². The van der Waals surface area contributed by atoms with Crippen molar-refractivity contribution in [2.75, 3.05) is 53.3 Å². The first-order valence-electron chi connectivity index (χ1n) is 24.2. The van der Waals surface area contributed by atoms with Crippen molar-refractivity contribution in [3.63, 3.8) is 0 Å². The standard InChI is InChI=1S/C51H87N2O11PS/c1-6-8-10-12-14-16-18-20-21-22-23-24-26-28-30-32-34-39-50(57)61-42-45(43-63-65(59,60)62-41-40-53(3,4)5)64-51(58)46(52)44-66-48(47(54)36-35-38-49(55)56)37-33-31-29-27-25-19-17-15-13-11-9-7-2/h15,17,20-21,23-25,27-31,33,37,45-48,54H,6-14,16,18-19,22,26,32,34-36,38-44,52H2,1-5H3,(H-,55,56,59,60)/b17-15-,21-20-,24-23-,27-25-,30-28-,31-29+,37-33+/t45-,46+,47+,48-/m1/s1. The van der Waals surface area contributed by atoms with Crippen LogP contribution in [0.3, 0.4) is 0 Å². The lowest BCUT2D eigenvalue weighted by Gasteiger charge is -2.28. The zero-order valence-corrected chi connectivity index (χ0v) is 42.7. The summed E-state index contributed by atoms with van der Waals surface area (Å²) in [7, 11) is 0.828. The lowest BCUT2D eigenvalue weighted by molar-refractivity contribution is -0.870. The van der Waals surface area contributed by atoms with Gasteiger partial charge < -0.3 is 43.8 Å². The molecular formula is C51H87N2O11PS. The van der Waals surface area contributed by atoms with Crippen LogP contribution in [0.2, 0.25) is 0 Å². The van der Waals surface area contributed by atoms with Crippen LogP contribution in [-0.4, -0.2) is 109 Å². The quantitative estimate of drug-likeness (QED) is 0.0131. The van der Waals surface area contributed by atoms with Gasteiger partial charge in [0, 0.05) is 23.8 Å². The van der Waals surface area contributed by atoms with Crippen molar-refractivity contribution in [2.45, 2.75) is 166 Å². The highest BCUT2D eigenvalue weighted by molar-refractivity contribution is 8.00. The molecule has 0 saturated heterocycles. The Kier molecular flexibility index (Phi) is 40.1. The molecular weight excluding hydrogens is 880 g/mol. The smallest absolute Gasteiger partial charge is 0.324 e. The van der Waals surface area contributed by atoms with Gasteiger partial charge in [-0.25, -0.2) is 0 Å². The molecule has 0 heterocycles. The Labute approximate surface area is 402 Å². The van der Waals surface area contributed by atoms with Gasteiger partial charge >= 0.3 is 17.9 Å². The highest BCUT2D eigenvalue weighted by Crippen LogP contribution is 2.38. The van der Waals surface area contributed by atoms with Crippen LogP contribution < -0.4 is 10.6 Å². The number of thioether (sulfide) groups is 1. The fourth-order valence-electron chi connectivity index (χ4n) is 5.92. The molecule has 0 aromatic heterocycles. The van der Waals surface area contributed by atoms with Gasteiger partial charge in [-0.3, -0.25) is 18.9 Å². The number of likely N-dealkylation sites (N-methyl/N-ethyl adjacent to an activating group) is 1. The molecule has 0 aliphatic carbocycles. The average molecular weight is 967 g/mol. The van der Waals surface area contributed by atoms with Gasteiger partial charge in [0.15, 0.2) is 6.10 Å². The number of aliphatic hydroxyl groups is 1. The summed E-state index contributed by atoms with van der Waals surface area (Å²) in [5.41, 5.74) is 6.23. The Morgan fingerprint density at radius 2 is 1.27 bits per heavy atom. The maximum absolute atomic E-state index is 13.2. The Morgan fingerprint density at radius 3 is 1.91 bits per heavy atom. The van der Waals surface area contributed by atoms with Crippen LogP contribution in [0, 0.1) is 0 Å². The number of rotatable bonds is 43. The lowest BCUT2D eigenvalue weighted by atomic mass is 10.1. The molecule has 0 aromatic rings. The number of nitrogens with zero attached hydrogens (tertiary/aromatic N) is 1. The normalized spacial score (nSPS) is 15.5.